The van der Waals surface area contributed by atoms with Crippen molar-refractivity contribution in [3.05, 3.63) is 77.6 Å². The second-order valence-electron chi connectivity index (χ2n) is 5.83. The molecule has 2 aromatic carbocycles. The first kappa shape index (κ1) is 19.5. The number of benzene rings is 2. The van der Waals surface area contributed by atoms with Gasteiger partial charge in [-0.2, -0.15) is 5.26 Å². The SMILES string of the molecule is CCOC(=O)c1ccc(Nc2nccc(C(=O)Nc3ccc(C#N)cc3)n2)cc1. The summed E-state index contributed by atoms with van der Waals surface area (Å²) in [6.07, 6.45) is 1.47. The van der Waals surface area contributed by atoms with Gasteiger partial charge in [0.1, 0.15) is 5.69 Å². The van der Waals surface area contributed by atoms with Crippen molar-refractivity contribution < 1.29 is 14.3 Å². The summed E-state index contributed by atoms with van der Waals surface area (Å²) in [6.45, 7) is 2.06. The normalized spacial score (nSPS) is 9.93. The number of esters is 1. The van der Waals surface area contributed by atoms with Crippen molar-refractivity contribution in [2.75, 3.05) is 17.2 Å². The maximum absolute atomic E-state index is 12.4. The molecule has 0 fully saturated rings. The van der Waals surface area contributed by atoms with Gasteiger partial charge in [0.15, 0.2) is 0 Å². The van der Waals surface area contributed by atoms with Crippen LogP contribution in [-0.4, -0.2) is 28.5 Å². The lowest BCUT2D eigenvalue weighted by Crippen LogP contribution is -2.14. The summed E-state index contributed by atoms with van der Waals surface area (Å²) < 4.78 is 4.95. The number of amides is 1. The Kier molecular flexibility index (Phi) is 6.12. The van der Waals surface area contributed by atoms with Crippen molar-refractivity contribution in [2.45, 2.75) is 6.92 Å². The fourth-order valence-corrected chi connectivity index (χ4v) is 2.40. The first-order chi connectivity index (χ1) is 14.1. The topological polar surface area (TPSA) is 117 Å². The Balaban J connectivity index is 1.68. The Morgan fingerprint density at radius 1 is 1.03 bits per heavy atom. The van der Waals surface area contributed by atoms with Gasteiger partial charge in [-0.1, -0.05) is 0 Å². The van der Waals surface area contributed by atoms with Crippen molar-refractivity contribution in [2.24, 2.45) is 0 Å². The first-order valence-electron chi connectivity index (χ1n) is 8.78. The van der Waals surface area contributed by atoms with Crippen LogP contribution in [0, 0.1) is 11.3 Å². The number of carbonyl (C=O) groups excluding carboxylic acids is 2. The molecule has 0 aliphatic rings. The molecule has 2 N–H and O–H groups in total. The Morgan fingerprint density at radius 2 is 1.72 bits per heavy atom. The first-order valence-corrected chi connectivity index (χ1v) is 8.78. The third-order valence-corrected chi connectivity index (χ3v) is 3.81. The summed E-state index contributed by atoms with van der Waals surface area (Å²) in [7, 11) is 0. The Bertz CT molecular complexity index is 1060. The number of aromatic nitrogens is 2. The zero-order valence-corrected chi connectivity index (χ0v) is 15.5. The molecule has 0 saturated carbocycles. The van der Waals surface area contributed by atoms with Gasteiger partial charge in [0.05, 0.1) is 23.8 Å². The smallest absolute Gasteiger partial charge is 0.338 e. The van der Waals surface area contributed by atoms with Crippen molar-refractivity contribution in [1.82, 2.24) is 9.97 Å². The molecule has 0 aliphatic carbocycles. The molecule has 144 valence electrons. The number of hydrogen-bond donors (Lipinski definition) is 2. The molecule has 0 atom stereocenters. The fraction of sp³-hybridized carbons (Fsp3) is 0.0952. The summed E-state index contributed by atoms with van der Waals surface area (Å²) in [6, 6.07) is 16.7. The predicted octanol–water partition coefficient (Wildman–Crippen LogP) is 3.52. The van der Waals surface area contributed by atoms with Crippen LogP contribution in [-0.2, 0) is 4.74 Å². The highest BCUT2D eigenvalue weighted by Crippen LogP contribution is 2.15. The Hall–Kier alpha value is -4.25. The van der Waals surface area contributed by atoms with Crippen LogP contribution in [0.5, 0.6) is 0 Å². The molecule has 0 bridgehead atoms. The lowest BCUT2D eigenvalue weighted by atomic mass is 10.2. The van der Waals surface area contributed by atoms with E-state index in [1.54, 1.807) is 55.5 Å². The van der Waals surface area contributed by atoms with Crippen LogP contribution in [0.2, 0.25) is 0 Å². The summed E-state index contributed by atoms with van der Waals surface area (Å²) in [4.78, 5) is 32.4. The zero-order chi connectivity index (χ0) is 20.6. The second kappa shape index (κ2) is 9.10. The van der Waals surface area contributed by atoms with Gasteiger partial charge in [-0.25, -0.2) is 14.8 Å². The van der Waals surface area contributed by atoms with Gasteiger partial charge in [0, 0.05) is 17.6 Å². The third-order valence-electron chi connectivity index (χ3n) is 3.81. The molecule has 0 unspecified atom stereocenters. The van der Waals surface area contributed by atoms with E-state index in [0.29, 0.717) is 29.1 Å². The van der Waals surface area contributed by atoms with Crippen LogP contribution in [0.1, 0.15) is 33.3 Å². The molecule has 8 heteroatoms. The third kappa shape index (κ3) is 5.14. The van der Waals surface area contributed by atoms with Gasteiger partial charge < -0.3 is 15.4 Å². The van der Waals surface area contributed by atoms with Gasteiger partial charge in [-0.05, 0) is 61.5 Å². The number of nitrogens with one attached hydrogen (secondary N) is 2. The number of carbonyl (C=O) groups is 2. The molecule has 0 saturated heterocycles. The monoisotopic (exact) mass is 387 g/mol. The minimum absolute atomic E-state index is 0.176. The largest absolute Gasteiger partial charge is 0.462 e. The molecule has 29 heavy (non-hydrogen) atoms. The van der Waals surface area contributed by atoms with Gasteiger partial charge in [0.2, 0.25) is 5.95 Å². The standard InChI is InChI=1S/C21H17N5O3/c1-2-29-20(28)15-5-9-17(10-6-15)25-21-23-12-11-18(26-21)19(27)24-16-7-3-14(13-22)4-8-16/h3-12H,2H2,1H3,(H,24,27)(H,23,25,26). The van der Waals surface area contributed by atoms with Crippen molar-refractivity contribution in [3.63, 3.8) is 0 Å². The summed E-state index contributed by atoms with van der Waals surface area (Å²) in [5, 5.41) is 14.5. The van der Waals surface area contributed by atoms with Gasteiger partial charge in [0.25, 0.3) is 5.91 Å². The van der Waals surface area contributed by atoms with Gasteiger partial charge in [-0.15, -0.1) is 0 Å². The van der Waals surface area contributed by atoms with Crippen molar-refractivity contribution in [3.8, 4) is 6.07 Å². The molecular weight excluding hydrogens is 370 g/mol. The second-order valence-corrected chi connectivity index (χ2v) is 5.83. The highest BCUT2D eigenvalue weighted by molar-refractivity contribution is 6.03. The zero-order valence-electron chi connectivity index (χ0n) is 15.5. The van der Waals surface area contributed by atoms with Crippen LogP contribution in [0.15, 0.2) is 60.8 Å². The van der Waals surface area contributed by atoms with Crippen molar-refractivity contribution in [1.29, 1.82) is 5.26 Å². The average Bonchev–Trinajstić information content (AvgIpc) is 2.75. The lowest BCUT2D eigenvalue weighted by Gasteiger charge is -2.08. The predicted molar refractivity (Wildman–Crippen MR) is 107 cm³/mol. The molecule has 1 amide bonds. The van der Waals surface area contributed by atoms with E-state index in [1.165, 1.54) is 12.3 Å². The maximum Gasteiger partial charge on any atom is 0.338 e. The average molecular weight is 387 g/mol. The van der Waals surface area contributed by atoms with E-state index in [1.807, 2.05) is 6.07 Å². The molecule has 0 spiro atoms. The van der Waals surface area contributed by atoms with Crippen LogP contribution < -0.4 is 10.6 Å². The van der Waals surface area contributed by atoms with E-state index < -0.39 is 11.9 Å². The fourth-order valence-electron chi connectivity index (χ4n) is 2.40. The van der Waals surface area contributed by atoms with Crippen molar-refractivity contribution >= 4 is 29.2 Å². The van der Waals surface area contributed by atoms with Crippen LogP contribution >= 0.6 is 0 Å². The minimum Gasteiger partial charge on any atom is -0.462 e. The maximum atomic E-state index is 12.4. The number of nitrogens with zero attached hydrogens (tertiary/aromatic N) is 3. The number of ether oxygens (including phenoxy) is 1. The Morgan fingerprint density at radius 3 is 2.38 bits per heavy atom. The summed E-state index contributed by atoms with van der Waals surface area (Å²) in [5.41, 5.74) is 2.33. The summed E-state index contributed by atoms with van der Waals surface area (Å²) >= 11 is 0. The van der Waals surface area contributed by atoms with E-state index in [4.69, 9.17) is 10.00 Å². The number of hydrogen-bond acceptors (Lipinski definition) is 7. The van der Waals surface area contributed by atoms with Crippen LogP contribution in [0.25, 0.3) is 0 Å². The molecule has 1 aromatic heterocycles. The summed E-state index contributed by atoms with van der Waals surface area (Å²) in [5.74, 6) is -0.559. The molecule has 3 rings (SSSR count). The van der Waals surface area contributed by atoms with E-state index in [9.17, 15) is 9.59 Å². The molecular formula is C21H17N5O3. The van der Waals surface area contributed by atoms with E-state index in [-0.39, 0.29) is 11.6 Å². The van der Waals surface area contributed by atoms with Gasteiger partial charge in [-0.3, -0.25) is 4.79 Å². The Labute approximate surface area is 167 Å². The lowest BCUT2D eigenvalue weighted by molar-refractivity contribution is 0.0526. The van der Waals surface area contributed by atoms with E-state index in [0.717, 1.165) is 0 Å². The van der Waals surface area contributed by atoms with Gasteiger partial charge >= 0.3 is 5.97 Å². The van der Waals surface area contributed by atoms with Crippen LogP contribution in [0.3, 0.4) is 0 Å². The van der Waals surface area contributed by atoms with E-state index in [2.05, 4.69) is 20.6 Å². The highest BCUT2D eigenvalue weighted by Gasteiger charge is 2.10. The molecule has 1 heterocycles. The number of rotatable bonds is 6. The van der Waals surface area contributed by atoms with Crippen LogP contribution in [0.4, 0.5) is 17.3 Å². The number of anilines is 3. The number of nitriles is 1. The minimum atomic E-state index is -0.405. The molecule has 8 nitrogen and oxygen atoms in total. The molecule has 0 radical (unpaired) electrons. The molecule has 0 aliphatic heterocycles. The van der Waals surface area contributed by atoms with E-state index >= 15 is 0 Å². The highest BCUT2D eigenvalue weighted by atomic mass is 16.5. The quantitative estimate of drug-likeness (QED) is 0.621. The molecule has 3 aromatic rings.